The lowest BCUT2D eigenvalue weighted by molar-refractivity contribution is 0.229. The van der Waals surface area contributed by atoms with Gasteiger partial charge in [0.05, 0.1) is 0 Å². The maximum absolute atomic E-state index is 13.0. The minimum absolute atomic E-state index is 0.138. The topological polar surface area (TPSA) is 9.23 Å². The predicted octanol–water partition coefficient (Wildman–Crippen LogP) is 4.40. The summed E-state index contributed by atoms with van der Waals surface area (Å²) in [5.74, 6) is 0.588. The van der Waals surface area contributed by atoms with Crippen molar-refractivity contribution in [2.75, 3.05) is 0 Å². The molecule has 0 heterocycles. The van der Waals surface area contributed by atoms with E-state index in [0.29, 0.717) is 0 Å². The summed E-state index contributed by atoms with van der Waals surface area (Å²) in [5, 5.41) is 0. The van der Waals surface area contributed by atoms with E-state index in [9.17, 15) is 4.39 Å². The average Bonchev–Trinajstić information content (AvgIpc) is 2.25. The van der Waals surface area contributed by atoms with E-state index in [1.54, 1.807) is 6.07 Å². The van der Waals surface area contributed by atoms with Crippen LogP contribution in [0.5, 0.6) is 5.75 Å². The molecule has 0 fully saturated rings. The van der Waals surface area contributed by atoms with E-state index >= 15 is 0 Å². The molecule has 1 atom stereocenters. The first kappa shape index (κ1) is 12.2. The van der Waals surface area contributed by atoms with Gasteiger partial charge in [0.2, 0.25) is 0 Å². The number of benzene rings is 1. The lowest BCUT2D eigenvalue weighted by atomic mass is 10.0. The molecule has 1 aliphatic carbocycles. The van der Waals surface area contributed by atoms with Gasteiger partial charge in [-0.25, -0.2) is 4.39 Å². The molecule has 0 radical (unpaired) electrons. The fourth-order valence-corrected chi connectivity index (χ4v) is 2.14. The molecule has 2 heteroatoms. The summed E-state index contributed by atoms with van der Waals surface area (Å²) in [6.07, 6.45) is 10.4. The summed E-state index contributed by atoms with van der Waals surface area (Å²) in [7, 11) is 0. The quantitative estimate of drug-likeness (QED) is 0.689. The maximum Gasteiger partial charge on any atom is 0.123 e. The Kier molecular flexibility index (Phi) is 4.18. The van der Waals surface area contributed by atoms with Crippen molar-refractivity contribution < 1.29 is 9.13 Å². The van der Waals surface area contributed by atoms with Gasteiger partial charge < -0.3 is 4.74 Å². The van der Waals surface area contributed by atoms with Gasteiger partial charge in [-0.2, -0.15) is 0 Å². The van der Waals surface area contributed by atoms with Gasteiger partial charge in [0.25, 0.3) is 0 Å². The number of hydrogen-bond donors (Lipinski definition) is 0. The van der Waals surface area contributed by atoms with Crippen molar-refractivity contribution in [3.05, 3.63) is 41.7 Å². The molecule has 0 saturated carbocycles. The van der Waals surface area contributed by atoms with Crippen molar-refractivity contribution in [3.8, 4) is 5.75 Å². The maximum atomic E-state index is 13.0. The number of hydrogen-bond acceptors (Lipinski definition) is 1. The second-order valence-electron chi connectivity index (χ2n) is 4.63. The summed E-state index contributed by atoms with van der Waals surface area (Å²) >= 11 is 0. The highest BCUT2D eigenvalue weighted by Gasteiger charge is 2.10. The van der Waals surface area contributed by atoms with Crippen molar-refractivity contribution in [3.63, 3.8) is 0 Å². The predicted molar refractivity (Wildman–Crippen MR) is 67.8 cm³/mol. The van der Waals surface area contributed by atoms with E-state index in [4.69, 9.17) is 4.74 Å². The number of aryl methyl sites for hydroxylation is 1. The summed E-state index contributed by atoms with van der Waals surface area (Å²) in [6, 6.07) is 4.69. The van der Waals surface area contributed by atoms with Gasteiger partial charge in [-0.15, -0.1) is 0 Å². The van der Waals surface area contributed by atoms with E-state index in [2.05, 4.69) is 12.2 Å². The SMILES string of the molecule is Cc1cc(F)ccc1OC1/C=C/CCCCC1. The van der Waals surface area contributed by atoms with Crippen molar-refractivity contribution in [2.45, 2.75) is 45.1 Å². The molecular weight excluding hydrogens is 215 g/mol. The normalized spacial score (nSPS) is 22.6. The zero-order valence-corrected chi connectivity index (χ0v) is 10.3. The van der Waals surface area contributed by atoms with Gasteiger partial charge in [-0.1, -0.05) is 12.5 Å². The second-order valence-corrected chi connectivity index (χ2v) is 4.63. The number of rotatable bonds is 2. The standard InChI is InChI=1S/C15H19FO/c1-12-11-13(16)9-10-15(12)17-14-7-5-3-2-4-6-8-14/h5,7,9-11,14H,2-4,6,8H2,1H3/b7-5+. The van der Waals surface area contributed by atoms with Crippen LogP contribution in [0, 0.1) is 12.7 Å². The Morgan fingerprint density at radius 3 is 2.94 bits per heavy atom. The molecule has 0 amide bonds. The molecule has 1 unspecified atom stereocenters. The van der Waals surface area contributed by atoms with Crippen molar-refractivity contribution in [1.82, 2.24) is 0 Å². The Balaban J connectivity index is 2.05. The summed E-state index contributed by atoms with van der Waals surface area (Å²) < 4.78 is 18.9. The minimum atomic E-state index is -0.206. The Labute approximate surface area is 102 Å². The highest BCUT2D eigenvalue weighted by Crippen LogP contribution is 2.22. The third-order valence-corrected chi connectivity index (χ3v) is 3.13. The fourth-order valence-electron chi connectivity index (χ4n) is 2.14. The molecule has 0 aromatic heterocycles. The Morgan fingerprint density at radius 1 is 1.24 bits per heavy atom. The number of ether oxygens (including phenoxy) is 1. The van der Waals surface area contributed by atoms with Gasteiger partial charge >= 0.3 is 0 Å². The van der Waals surface area contributed by atoms with Gasteiger partial charge in [0.15, 0.2) is 0 Å². The van der Waals surface area contributed by atoms with Gasteiger partial charge in [-0.3, -0.25) is 0 Å². The molecule has 0 spiro atoms. The fraction of sp³-hybridized carbons (Fsp3) is 0.467. The molecule has 17 heavy (non-hydrogen) atoms. The summed E-state index contributed by atoms with van der Waals surface area (Å²) in [5.41, 5.74) is 0.862. The van der Waals surface area contributed by atoms with E-state index in [1.807, 2.05) is 6.92 Å². The van der Waals surface area contributed by atoms with Crippen LogP contribution in [-0.4, -0.2) is 6.10 Å². The molecule has 0 bridgehead atoms. The number of halogens is 1. The van der Waals surface area contributed by atoms with Crippen LogP contribution in [0.3, 0.4) is 0 Å². The average molecular weight is 234 g/mol. The third-order valence-electron chi connectivity index (χ3n) is 3.13. The second kappa shape index (κ2) is 5.85. The highest BCUT2D eigenvalue weighted by molar-refractivity contribution is 5.33. The lowest BCUT2D eigenvalue weighted by Crippen LogP contribution is -2.15. The molecule has 1 aromatic carbocycles. The molecule has 1 nitrogen and oxygen atoms in total. The molecule has 1 aromatic rings. The third kappa shape index (κ3) is 3.58. The zero-order valence-electron chi connectivity index (χ0n) is 10.3. The van der Waals surface area contributed by atoms with Crippen LogP contribution in [0.2, 0.25) is 0 Å². The lowest BCUT2D eigenvalue weighted by Gasteiger charge is -2.18. The van der Waals surface area contributed by atoms with E-state index in [0.717, 1.165) is 24.2 Å². The molecule has 1 aliphatic rings. The zero-order chi connectivity index (χ0) is 12.1. The largest absolute Gasteiger partial charge is 0.486 e. The van der Waals surface area contributed by atoms with Crippen LogP contribution in [0.1, 0.15) is 37.7 Å². The van der Waals surface area contributed by atoms with Gasteiger partial charge in [-0.05, 0) is 62.4 Å². The number of allylic oxidation sites excluding steroid dienone is 1. The molecule has 2 rings (SSSR count). The molecular formula is C15H19FO. The molecule has 0 N–H and O–H groups in total. The monoisotopic (exact) mass is 234 g/mol. The Morgan fingerprint density at radius 2 is 2.12 bits per heavy atom. The summed E-state index contributed by atoms with van der Waals surface area (Å²) in [4.78, 5) is 0. The van der Waals surface area contributed by atoms with Crippen molar-refractivity contribution in [2.24, 2.45) is 0 Å². The van der Waals surface area contributed by atoms with Gasteiger partial charge in [0.1, 0.15) is 17.7 Å². The molecule has 0 saturated heterocycles. The van der Waals surface area contributed by atoms with Crippen LogP contribution < -0.4 is 4.74 Å². The summed E-state index contributed by atoms with van der Waals surface area (Å²) in [6.45, 7) is 1.88. The van der Waals surface area contributed by atoms with Crippen molar-refractivity contribution >= 4 is 0 Å². The Bertz CT molecular complexity index is 398. The van der Waals surface area contributed by atoms with E-state index < -0.39 is 0 Å². The minimum Gasteiger partial charge on any atom is -0.486 e. The van der Waals surface area contributed by atoms with Gasteiger partial charge in [0, 0.05) is 0 Å². The van der Waals surface area contributed by atoms with Crippen LogP contribution in [-0.2, 0) is 0 Å². The first-order chi connectivity index (χ1) is 8.25. The van der Waals surface area contributed by atoms with Crippen molar-refractivity contribution in [1.29, 1.82) is 0 Å². The van der Waals surface area contributed by atoms with Crippen LogP contribution in [0.15, 0.2) is 30.4 Å². The van der Waals surface area contributed by atoms with E-state index in [1.165, 1.54) is 31.4 Å². The van der Waals surface area contributed by atoms with Crippen LogP contribution >= 0.6 is 0 Å². The van der Waals surface area contributed by atoms with E-state index in [-0.39, 0.29) is 11.9 Å². The first-order valence-electron chi connectivity index (χ1n) is 6.35. The highest BCUT2D eigenvalue weighted by atomic mass is 19.1. The molecule has 92 valence electrons. The Hall–Kier alpha value is -1.31. The van der Waals surface area contributed by atoms with Crippen LogP contribution in [0.25, 0.3) is 0 Å². The van der Waals surface area contributed by atoms with Crippen LogP contribution in [0.4, 0.5) is 4.39 Å². The molecule has 0 aliphatic heterocycles. The first-order valence-corrected chi connectivity index (χ1v) is 6.35. The smallest absolute Gasteiger partial charge is 0.123 e.